The molecule has 2 fully saturated rings. The Morgan fingerprint density at radius 3 is 2.70 bits per heavy atom. The van der Waals surface area contributed by atoms with Gasteiger partial charge in [-0.05, 0) is 37.8 Å². The third kappa shape index (κ3) is 3.35. The second-order valence-corrected chi connectivity index (χ2v) is 6.75. The summed E-state index contributed by atoms with van der Waals surface area (Å²) in [5, 5.41) is 3.45. The molecule has 124 valence electrons. The van der Waals surface area contributed by atoms with Gasteiger partial charge in [0.1, 0.15) is 6.04 Å². The Bertz CT molecular complexity index is 607. The number of nitrogens with zero attached hydrogens (tertiary/aromatic N) is 1. The lowest BCUT2D eigenvalue weighted by molar-refractivity contribution is -0.130. The average Bonchev–Trinajstić information content (AvgIpc) is 2.96. The third-order valence-corrected chi connectivity index (χ3v) is 5.12. The molecule has 6 heteroatoms. The number of para-hydroxylation sites is 1. The largest absolute Gasteiger partial charge is 0.344 e. The second-order valence-electron chi connectivity index (χ2n) is 6.35. The fourth-order valence-corrected chi connectivity index (χ4v) is 3.75. The number of halogens is 1. The van der Waals surface area contributed by atoms with Gasteiger partial charge in [0.25, 0.3) is 0 Å². The predicted molar refractivity (Wildman–Crippen MR) is 90.3 cm³/mol. The zero-order valence-corrected chi connectivity index (χ0v) is 13.8. The summed E-state index contributed by atoms with van der Waals surface area (Å²) in [6, 6.07) is 6.71. The number of carbonyl (C=O) groups is 2. The van der Waals surface area contributed by atoms with E-state index in [0.717, 1.165) is 25.7 Å². The van der Waals surface area contributed by atoms with E-state index >= 15 is 0 Å². The summed E-state index contributed by atoms with van der Waals surface area (Å²) in [7, 11) is 0. The van der Waals surface area contributed by atoms with Crippen molar-refractivity contribution in [2.45, 2.75) is 44.2 Å². The maximum Gasteiger partial charge on any atom is 0.249 e. The van der Waals surface area contributed by atoms with Gasteiger partial charge in [-0.25, -0.2) is 0 Å². The smallest absolute Gasteiger partial charge is 0.249 e. The van der Waals surface area contributed by atoms with E-state index in [1.807, 2.05) is 18.2 Å². The van der Waals surface area contributed by atoms with E-state index < -0.39 is 6.04 Å². The zero-order chi connectivity index (χ0) is 16.4. The van der Waals surface area contributed by atoms with Crippen molar-refractivity contribution in [1.82, 2.24) is 5.32 Å². The second kappa shape index (κ2) is 6.89. The minimum absolute atomic E-state index is 0.0886. The molecule has 3 unspecified atom stereocenters. The minimum Gasteiger partial charge on any atom is -0.344 e. The molecule has 1 saturated carbocycles. The number of amides is 2. The molecule has 0 spiro atoms. The topological polar surface area (TPSA) is 75.4 Å². The molecule has 2 amide bonds. The molecule has 1 aliphatic carbocycles. The Balaban J connectivity index is 1.70. The number of rotatable bonds is 3. The van der Waals surface area contributed by atoms with Gasteiger partial charge in [-0.15, -0.1) is 0 Å². The quantitative estimate of drug-likeness (QED) is 0.888. The molecule has 5 nitrogen and oxygen atoms in total. The molecule has 1 aromatic rings. The van der Waals surface area contributed by atoms with Gasteiger partial charge in [0.05, 0.1) is 16.6 Å². The molecule has 1 saturated heterocycles. The summed E-state index contributed by atoms with van der Waals surface area (Å²) in [6.07, 6.45) is 4.15. The van der Waals surface area contributed by atoms with Crippen LogP contribution in [0.1, 0.15) is 32.1 Å². The molecular weight excluding hydrogens is 314 g/mol. The minimum atomic E-state index is -0.486. The number of benzene rings is 1. The van der Waals surface area contributed by atoms with Crippen LogP contribution in [0, 0.1) is 5.92 Å². The average molecular weight is 336 g/mol. The van der Waals surface area contributed by atoms with Gasteiger partial charge < -0.3 is 16.0 Å². The van der Waals surface area contributed by atoms with Crippen molar-refractivity contribution in [3.63, 3.8) is 0 Å². The van der Waals surface area contributed by atoms with Crippen molar-refractivity contribution in [3.05, 3.63) is 29.3 Å². The number of nitrogens with one attached hydrogen (secondary N) is 1. The normalized spacial score (nSPS) is 28.0. The molecular formula is C17H22ClN3O2. The number of hydrogen-bond donors (Lipinski definition) is 2. The van der Waals surface area contributed by atoms with Gasteiger partial charge in [0.15, 0.2) is 0 Å². The van der Waals surface area contributed by atoms with Crippen molar-refractivity contribution in [2.24, 2.45) is 11.7 Å². The highest BCUT2D eigenvalue weighted by atomic mass is 35.5. The van der Waals surface area contributed by atoms with Crippen LogP contribution in [0.5, 0.6) is 0 Å². The van der Waals surface area contributed by atoms with E-state index in [1.165, 1.54) is 0 Å². The van der Waals surface area contributed by atoms with E-state index in [-0.39, 0.29) is 23.8 Å². The molecule has 0 bridgehead atoms. The molecule has 1 aromatic carbocycles. The number of nitrogens with two attached hydrogens (primary N) is 1. The van der Waals surface area contributed by atoms with Crippen LogP contribution >= 0.6 is 11.6 Å². The van der Waals surface area contributed by atoms with Crippen LogP contribution in [-0.4, -0.2) is 30.4 Å². The number of carbonyl (C=O) groups excluding carboxylic acids is 2. The molecule has 23 heavy (non-hydrogen) atoms. The SMILES string of the molecule is NC1CCCC1C(=O)NC1CCCN(c2ccccc2Cl)C1=O. The van der Waals surface area contributed by atoms with Gasteiger partial charge in [-0.1, -0.05) is 30.2 Å². The number of piperidine rings is 1. The Kier molecular flexibility index (Phi) is 4.87. The van der Waals surface area contributed by atoms with Gasteiger partial charge in [0, 0.05) is 12.6 Å². The molecule has 2 aliphatic rings. The van der Waals surface area contributed by atoms with E-state index in [4.69, 9.17) is 17.3 Å². The first-order chi connectivity index (χ1) is 11.1. The highest BCUT2D eigenvalue weighted by Crippen LogP contribution is 2.29. The fraction of sp³-hybridized carbons (Fsp3) is 0.529. The maximum absolute atomic E-state index is 12.7. The zero-order valence-electron chi connectivity index (χ0n) is 13.0. The van der Waals surface area contributed by atoms with Crippen molar-refractivity contribution in [1.29, 1.82) is 0 Å². The summed E-state index contributed by atoms with van der Waals surface area (Å²) in [6.45, 7) is 0.623. The lowest BCUT2D eigenvalue weighted by atomic mass is 10.00. The lowest BCUT2D eigenvalue weighted by Gasteiger charge is -2.33. The van der Waals surface area contributed by atoms with Crippen LogP contribution < -0.4 is 16.0 Å². The molecule has 3 rings (SSSR count). The van der Waals surface area contributed by atoms with E-state index in [9.17, 15) is 9.59 Å². The van der Waals surface area contributed by atoms with Gasteiger partial charge in [-0.3, -0.25) is 9.59 Å². The predicted octanol–water partition coefficient (Wildman–Crippen LogP) is 2.08. The van der Waals surface area contributed by atoms with Crippen LogP contribution in [0.4, 0.5) is 5.69 Å². The van der Waals surface area contributed by atoms with Crippen LogP contribution in [0.3, 0.4) is 0 Å². The molecule has 0 radical (unpaired) electrons. The highest BCUT2D eigenvalue weighted by molar-refractivity contribution is 6.33. The van der Waals surface area contributed by atoms with Gasteiger partial charge in [-0.2, -0.15) is 0 Å². The van der Waals surface area contributed by atoms with Crippen molar-refractivity contribution < 1.29 is 9.59 Å². The lowest BCUT2D eigenvalue weighted by Crippen LogP contribution is -2.54. The summed E-state index contributed by atoms with van der Waals surface area (Å²) in [5.41, 5.74) is 6.69. The van der Waals surface area contributed by atoms with Crippen LogP contribution in [0.15, 0.2) is 24.3 Å². The molecule has 1 heterocycles. The summed E-state index contributed by atoms with van der Waals surface area (Å²) < 4.78 is 0. The van der Waals surface area contributed by atoms with Crippen molar-refractivity contribution >= 4 is 29.1 Å². The Morgan fingerprint density at radius 1 is 1.22 bits per heavy atom. The molecule has 0 aromatic heterocycles. The first-order valence-electron chi connectivity index (χ1n) is 8.20. The summed E-state index contributed by atoms with van der Waals surface area (Å²) in [5.74, 6) is -0.350. The van der Waals surface area contributed by atoms with Crippen LogP contribution in [0.2, 0.25) is 5.02 Å². The third-order valence-electron chi connectivity index (χ3n) is 4.80. The molecule has 3 N–H and O–H groups in total. The van der Waals surface area contributed by atoms with Gasteiger partial charge >= 0.3 is 0 Å². The number of hydrogen-bond acceptors (Lipinski definition) is 3. The van der Waals surface area contributed by atoms with E-state index in [0.29, 0.717) is 23.7 Å². The van der Waals surface area contributed by atoms with Gasteiger partial charge in [0.2, 0.25) is 11.8 Å². The first kappa shape index (κ1) is 16.3. The van der Waals surface area contributed by atoms with Crippen LogP contribution in [0.25, 0.3) is 0 Å². The van der Waals surface area contributed by atoms with Crippen LogP contribution in [-0.2, 0) is 9.59 Å². The van der Waals surface area contributed by atoms with E-state index in [2.05, 4.69) is 5.32 Å². The maximum atomic E-state index is 12.7. The Morgan fingerprint density at radius 2 is 2.00 bits per heavy atom. The molecule has 1 aliphatic heterocycles. The Hall–Kier alpha value is -1.59. The summed E-state index contributed by atoms with van der Waals surface area (Å²) >= 11 is 6.20. The van der Waals surface area contributed by atoms with Crippen molar-refractivity contribution in [2.75, 3.05) is 11.4 Å². The first-order valence-corrected chi connectivity index (χ1v) is 8.57. The Labute approximate surface area is 141 Å². The molecule has 3 atom stereocenters. The highest BCUT2D eigenvalue weighted by Gasteiger charge is 2.36. The summed E-state index contributed by atoms with van der Waals surface area (Å²) in [4.78, 5) is 26.8. The monoisotopic (exact) mass is 335 g/mol. The van der Waals surface area contributed by atoms with Crippen molar-refractivity contribution in [3.8, 4) is 0 Å². The van der Waals surface area contributed by atoms with E-state index in [1.54, 1.807) is 11.0 Å². The standard InChI is InChI=1S/C17H22ClN3O2/c18-12-6-1-2-9-15(12)21-10-4-8-14(17(21)23)20-16(22)11-5-3-7-13(11)19/h1-2,6,9,11,13-14H,3-5,7-8,10,19H2,(H,20,22). The number of anilines is 1. The fourth-order valence-electron chi connectivity index (χ4n) is 3.51.